The van der Waals surface area contributed by atoms with Gasteiger partial charge in [0.15, 0.2) is 0 Å². The predicted molar refractivity (Wildman–Crippen MR) is 38.7 cm³/mol. The van der Waals surface area contributed by atoms with E-state index in [-0.39, 0.29) is 31.1 Å². The van der Waals surface area contributed by atoms with Gasteiger partial charge >= 0.3 is 31.1 Å². The molecule has 0 heterocycles. The fourth-order valence-corrected chi connectivity index (χ4v) is 1.50. The van der Waals surface area contributed by atoms with Crippen LogP contribution in [0, 0.1) is 55.8 Å². The van der Waals surface area contributed by atoms with Crippen LogP contribution < -0.4 is 0 Å². The largest absolute Gasteiger partial charge is 2.00 e. The Morgan fingerprint density at radius 3 is 1.40 bits per heavy atom. The van der Waals surface area contributed by atoms with E-state index in [4.69, 9.17) is 0 Å². The van der Waals surface area contributed by atoms with E-state index in [9.17, 15) is 0 Å². The second-order valence-corrected chi connectivity index (χ2v) is 4.18. The third-order valence-corrected chi connectivity index (χ3v) is 2.66. The molecule has 0 aromatic carbocycles. The molecular weight excluding hydrogens is 346 g/mol. The van der Waals surface area contributed by atoms with Crippen molar-refractivity contribution in [3.05, 3.63) is 13.8 Å². The van der Waals surface area contributed by atoms with Crippen LogP contribution in [0.25, 0.3) is 0 Å². The Labute approximate surface area is 87.5 Å². The summed E-state index contributed by atoms with van der Waals surface area (Å²) >= 11 is 0. The van der Waals surface area contributed by atoms with E-state index in [1.165, 1.54) is 32.1 Å². The summed E-state index contributed by atoms with van der Waals surface area (Å²) in [6.07, 6.45) is 6.70. The first kappa shape index (κ1) is 9.14. The fraction of sp³-hybridized carbons (Fsp3) is 0.778. The zero-order chi connectivity index (χ0) is 6.54. The molecule has 2 rings (SSSR count). The normalized spacial score (nSPS) is 30.6. The maximum absolute atomic E-state index is 4.17. The molecule has 54 valence electrons. The van der Waals surface area contributed by atoms with Crippen LogP contribution >= 0.6 is 0 Å². The molecule has 2 aliphatic rings. The van der Waals surface area contributed by atoms with Crippen LogP contribution in [0.4, 0.5) is 0 Å². The van der Waals surface area contributed by atoms with E-state index in [2.05, 4.69) is 13.8 Å². The van der Waals surface area contributed by atoms with Gasteiger partial charge < -0.3 is 13.8 Å². The number of hydrogen-bond acceptors (Lipinski definition) is 0. The molecule has 0 nitrogen and oxygen atoms in total. The average Bonchev–Trinajstić information content (AvgIpc) is 2.55. The molecule has 0 amide bonds. The summed E-state index contributed by atoms with van der Waals surface area (Å²) < 4.78 is 0. The third-order valence-electron chi connectivity index (χ3n) is 2.66. The molecule has 0 bridgehead atoms. The van der Waals surface area contributed by atoms with Gasteiger partial charge in [-0.3, -0.25) is 0 Å². The first-order valence-electron chi connectivity index (χ1n) is 3.83. The monoisotopic (exact) mass is 360 g/mol. The van der Waals surface area contributed by atoms with Crippen molar-refractivity contribution < 1.29 is 31.1 Å². The molecular formula is C9H14U. The van der Waals surface area contributed by atoms with E-state index in [0.717, 1.165) is 0 Å². The van der Waals surface area contributed by atoms with Gasteiger partial charge in [-0.1, -0.05) is 32.1 Å². The second-order valence-electron chi connectivity index (χ2n) is 4.18. The minimum Gasteiger partial charge on any atom is -0.337 e. The van der Waals surface area contributed by atoms with E-state index in [0.29, 0.717) is 10.8 Å². The number of hydrogen-bond donors (Lipinski definition) is 0. The molecule has 0 N–H and O–H groups in total. The van der Waals surface area contributed by atoms with Gasteiger partial charge in [-0.25, -0.2) is 0 Å². The van der Waals surface area contributed by atoms with Crippen LogP contribution in [0.15, 0.2) is 0 Å². The van der Waals surface area contributed by atoms with Gasteiger partial charge in [-0.2, -0.15) is 10.8 Å². The molecule has 0 atom stereocenters. The second kappa shape index (κ2) is 2.53. The predicted octanol–water partition coefficient (Wildman–Crippen LogP) is 2.61. The van der Waals surface area contributed by atoms with Gasteiger partial charge in [0.1, 0.15) is 0 Å². The Hall–Kier alpha value is 1.05. The number of rotatable bonds is 2. The summed E-state index contributed by atoms with van der Waals surface area (Å²) in [6.45, 7) is 8.33. The summed E-state index contributed by atoms with van der Waals surface area (Å²) in [5.74, 6) is 0. The molecule has 2 fully saturated rings. The minimum absolute atomic E-state index is 0. The fourth-order valence-electron chi connectivity index (χ4n) is 1.50. The van der Waals surface area contributed by atoms with Crippen LogP contribution in [0.5, 0.6) is 0 Å². The minimum atomic E-state index is 0. The Kier molecular flexibility index (Phi) is 2.31. The van der Waals surface area contributed by atoms with E-state index in [1.807, 2.05) is 0 Å². The van der Waals surface area contributed by atoms with Crippen molar-refractivity contribution in [2.24, 2.45) is 10.8 Å². The Morgan fingerprint density at radius 1 is 0.900 bits per heavy atom. The molecule has 2 saturated carbocycles. The molecule has 0 radical (unpaired) electrons. The Balaban J connectivity index is 0.000000500. The van der Waals surface area contributed by atoms with Crippen LogP contribution in [-0.2, 0) is 0 Å². The van der Waals surface area contributed by atoms with Crippen molar-refractivity contribution in [3.63, 3.8) is 0 Å². The van der Waals surface area contributed by atoms with Gasteiger partial charge in [-0.15, -0.1) is 0 Å². The standard InChI is InChI=1S/C9H14.U/c1-8(3-4-8)7-9(2)5-6-9;/h1-7H2;/q-2;+2. The quantitative estimate of drug-likeness (QED) is 0.665. The summed E-state index contributed by atoms with van der Waals surface area (Å²) in [5, 5.41) is 0. The first-order valence-corrected chi connectivity index (χ1v) is 3.83. The van der Waals surface area contributed by atoms with Gasteiger partial charge in [0.2, 0.25) is 0 Å². The summed E-state index contributed by atoms with van der Waals surface area (Å²) in [7, 11) is 0. The van der Waals surface area contributed by atoms with E-state index >= 15 is 0 Å². The molecule has 10 heavy (non-hydrogen) atoms. The molecule has 0 aliphatic heterocycles. The first-order chi connectivity index (χ1) is 4.12. The van der Waals surface area contributed by atoms with Crippen molar-refractivity contribution in [2.45, 2.75) is 32.1 Å². The van der Waals surface area contributed by atoms with E-state index < -0.39 is 0 Å². The Morgan fingerprint density at radius 2 is 1.20 bits per heavy atom. The molecule has 2 aliphatic carbocycles. The molecule has 0 spiro atoms. The van der Waals surface area contributed by atoms with Crippen LogP contribution in [-0.4, -0.2) is 0 Å². The van der Waals surface area contributed by atoms with Crippen molar-refractivity contribution >= 4 is 0 Å². The maximum Gasteiger partial charge on any atom is 2.00 e. The molecule has 0 aromatic rings. The van der Waals surface area contributed by atoms with Crippen LogP contribution in [0.1, 0.15) is 32.1 Å². The average molecular weight is 360 g/mol. The summed E-state index contributed by atoms with van der Waals surface area (Å²) in [4.78, 5) is 0. The summed E-state index contributed by atoms with van der Waals surface area (Å²) in [5.41, 5.74) is 0.969. The van der Waals surface area contributed by atoms with Gasteiger partial charge in [-0.05, 0) is 0 Å². The zero-order valence-electron chi connectivity index (χ0n) is 6.45. The van der Waals surface area contributed by atoms with E-state index in [1.54, 1.807) is 0 Å². The Bertz CT molecular complexity index is 116. The summed E-state index contributed by atoms with van der Waals surface area (Å²) in [6, 6.07) is 0. The van der Waals surface area contributed by atoms with Crippen LogP contribution in [0.3, 0.4) is 0 Å². The third kappa shape index (κ3) is 2.02. The van der Waals surface area contributed by atoms with Gasteiger partial charge in [0, 0.05) is 0 Å². The van der Waals surface area contributed by atoms with Crippen molar-refractivity contribution in [2.75, 3.05) is 0 Å². The smallest absolute Gasteiger partial charge is 0.337 e. The van der Waals surface area contributed by atoms with Crippen molar-refractivity contribution in [1.82, 2.24) is 0 Å². The zero-order valence-corrected chi connectivity index (χ0v) is 10.6. The molecule has 0 saturated heterocycles. The molecule has 0 unspecified atom stereocenters. The van der Waals surface area contributed by atoms with Crippen LogP contribution in [0.2, 0.25) is 0 Å². The SMILES string of the molecule is [CH2-]C1(CC2([CH2-])CC2)CC1.[U+2]. The van der Waals surface area contributed by atoms with Gasteiger partial charge in [0.25, 0.3) is 0 Å². The van der Waals surface area contributed by atoms with Crippen molar-refractivity contribution in [3.8, 4) is 0 Å². The van der Waals surface area contributed by atoms with Crippen molar-refractivity contribution in [1.29, 1.82) is 0 Å². The maximum atomic E-state index is 4.17. The molecule has 0 aromatic heterocycles. The van der Waals surface area contributed by atoms with Gasteiger partial charge in [0.05, 0.1) is 0 Å². The topological polar surface area (TPSA) is 0 Å². The molecule has 1 heteroatoms.